The molecule has 0 spiro atoms. The fourth-order valence-corrected chi connectivity index (χ4v) is 2.44. The highest BCUT2D eigenvalue weighted by Crippen LogP contribution is 2.30. The summed E-state index contributed by atoms with van der Waals surface area (Å²) in [6, 6.07) is 1.58. The minimum Gasteiger partial charge on any atom is -0.465 e. The highest BCUT2D eigenvalue weighted by atomic mass is 32.1. The molecule has 35 heavy (non-hydrogen) atoms. The van der Waals surface area contributed by atoms with Crippen molar-refractivity contribution in [1.29, 1.82) is 0 Å². The number of hydrogen-bond acceptors (Lipinski definition) is 6. The first kappa shape index (κ1) is 36.6. The van der Waals surface area contributed by atoms with Crippen molar-refractivity contribution in [2.75, 3.05) is 12.1 Å². The van der Waals surface area contributed by atoms with Gasteiger partial charge >= 0.3 is 12.1 Å². The molecule has 0 aliphatic rings. The molecular weight excluding hydrogens is 460 g/mol. The quantitative estimate of drug-likeness (QED) is 0.116. The van der Waals surface area contributed by atoms with Gasteiger partial charge in [0.1, 0.15) is 10.5 Å². The molecule has 0 aliphatic carbocycles. The summed E-state index contributed by atoms with van der Waals surface area (Å²) < 4.78 is 9.98. The highest BCUT2D eigenvalue weighted by molar-refractivity contribution is 7.15. The number of hydrazine groups is 1. The monoisotopic (exact) mass is 504 g/mol. The molecule has 0 saturated heterocycles. The van der Waals surface area contributed by atoms with Gasteiger partial charge in [0, 0.05) is 5.41 Å². The zero-order chi connectivity index (χ0) is 28.4. The smallest absolute Gasteiger partial charge is 0.429 e. The van der Waals surface area contributed by atoms with E-state index in [0.717, 1.165) is 21.9 Å². The molecule has 1 aromatic rings. The number of nitrogens with zero attached hydrogens (tertiary/aromatic N) is 1. The van der Waals surface area contributed by atoms with E-state index in [-0.39, 0.29) is 16.0 Å². The molecule has 0 radical (unpaired) electrons. The number of thiophene rings is 1. The number of rotatable bonds is 3. The molecular formula is C28H44N2O4S. The standard InChI is InChI=1S/C17H24N2O4S.C5H8.C4H6.C2H6/c1-16(2,3)9-8-11-10-12(13(24-11)14(20)22-7)19(18)15(21)23-17(4,5)6;1-4-5(2)3;1-3-4-2;1-2/h10H,18H2,1-7H3;4H,1-2H2,3H3;1-2H3;1-2H3. The van der Waals surface area contributed by atoms with Crippen LogP contribution in [0.5, 0.6) is 0 Å². The Balaban J connectivity index is -0.000000782. The van der Waals surface area contributed by atoms with Gasteiger partial charge in [0.15, 0.2) is 0 Å². The maximum atomic E-state index is 12.1. The van der Waals surface area contributed by atoms with Crippen LogP contribution in [0.1, 0.15) is 90.7 Å². The second kappa shape index (κ2) is 18.3. The average Bonchev–Trinajstić information content (AvgIpc) is 3.21. The van der Waals surface area contributed by atoms with Gasteiger partial charge in [-0.25, -0.2) is 20.4 Å². The summed E-state index contributed by atoms with van der Waals surface area (Å²) in [5.41, 5.74) is 0.332. The van der Waals surface area contributed by atoms with E-state index in [1.807, 2.05) is 55.4 Å². The van der Waals surface area contributed by atoms with E-state index < -0.39 is 17.7 Å². The van der Waals surface area contributed by atoms with E-state index in [0.29, 0.717) is 4.88 Å². The molecule has 1 amide bonds. The largest absolute Gasteiger partial charge is 0.465 e. The van der Waals surface area contributed by atoms with Gasteiger partial charge in [-0.15, -0.1) is 23.2 Å². The van der Waals surface area contributed by atoms with Crippen molar-refractivity contribution < 1.29 is 19.1 Å². The van der Waals surface area contributed by atoms with Crippen LogP contribution in [0.25, 0.3) is 0 Å². The van der Waals surface area contributed by atoms with E-state index >= 15 is 0 Å². The third-order valence-electron chi connectivity index (χ3n) is 3.09. The fraction of sp³-hybridized carbons (Fsp3) is 0.500. The Labute approximate surface area is 217 Å². The number of carbonyl (C=O) groups is 2. The number of allylic oxidation sites excluding steroid dienone is 2. The Morgan fingerprint density at radius 3 is 1.89 bits per heavy atom. The maximum Gasteiger partial charge on any atom is 0.429 e. The van der Waals surface area contributed by atoms with Gasteiger partial charge in [0.05, 0.1) is 17.7 Å². The molecule has 0 fully saturated rings. The first-order valence-corrected chi connectivity index (χ1v) is 12.0. The Bertz CT molecular complexity index is 934. The van der Waals surface area contributed by atoms with Crippen LogP contribution < -0.4 is 10.9 Å². The minimum atomic E-state index is -0.763. The van der Waals surface area contributed by atoms with Crippen LogP contribution in [-0.4, -0.2) is 24.8 Å². The lowest BCUT2D eigenvalue weighted by Crippen LogP contribution is -2.42. The summed E-state index contributed by atoms with van der Waals surface area (Å²) in [5.74, 6) is 16.7. The zero-order valence-electron chi connectivity index (χ0n) is 23.6. The van der Waals surface area contributed by atoms with Crippen LogP contribution in [-0.2, 0) is 9.47 Å². The van der Waals surface area contributed by atoms with Gasteiger partial charge < -0.3 is 9.47 Å². The minimum absolute atomic E-state index is 0.191. The molecule has 6 nitrogen and oxygen atoms in total. The number of nitrogens with two attached hydrogens (primary N) is 1. The number of carbonyl (C=O) groups excluding carboxylic acids is 2. The maximum absolute atomic E-state index is 12.1. The van der Waals surface area contributed by atoms with E-state index in [9.17, 15) is 9.59 Å². The Morgan fingerprint density at radius 2 is 1.57 bits per heavy atom. The molecule has 2 N–H and O–H groups in total. The molecule has 0 aromatic carbocycles. The molecule has 0 bridgehead atoms. The molecule has 1 aromatic heterocycles. The van der Waals surface area contributed by atoms with Crippen LogP contribution in [0, 0.1) is 29.1 Å². The normalized spacial score (nSPS) is 9.29. The van der Waals surface area contributed by atoms with Crippen LogP contribution in [0.15, 0.2) is 30.9 Å². The number of anilines is 1. The van der Waals surface area contributed by atoms with E-state index in [2.05, 4.69) is 36.8 Å². The first-order valence-electron chi connectivity index (χ1n) is 11.2. The van der Waals surface area contributed by atoms with Gasteiger partial charge in [0.2, 0.25) is 0 Å². The summed E-state index contributed by atoms with van der Waals surface area (Å²) in [6.45, 7) is 27.7. The van der Waals surface area contributed by atoms with Crippen molar-refractivity contribution in [3.05, 3.63) is 40.6 Å². The lowest BCUT2D eigenvalue weighted by molar-refractivity contribution is 0.0579. The summed E-state index contributed by atoms with van der Waals surface area (Å²) >= 11 is 1.12. The molecule has 1 heterocycles. The SMILES string of the molecule is C=CC(=C)C.CC.CC#CC.COC(=O)c1sc(C#CC(C)(C)C)cc1N(N)C(=O)OC(C)(C)C. The van der Waals surface area contributed by atoms with Crippen LogP contribution >= 0.6 is 11.3 Å². The average molecular weight is 505 g/mol. The molecule has 0 saturated carbocycles. The molecule has 0 atom stereocenters. The molecule has 0 unspecified atom stereocenters. The Hall–Kier alpha value is -3.00. The van der Waals surface area contributed by atoms with E-state index in [1.54, 1.807) is 32.9 Å². The van der Waals surface area contributed by atoms with Crippen molar-refractivity contribution in [3.63, 3.8) is 0 Å². The van der Waals surface area contributed by atoms with Gasteiger partial charge in [-0.3, -0.25) is 0 Å². The lowest BCUT2D eigenvalue weighted by atomic mass is 9.98. The van der Waals surface area contributed by atoms with Crippen molar-refractivity contribution >= 4 is 29.1 Å². The predicted octanol–water partition coefficient (Wildman–Crippen LogP) is 7.35. The Morgan fingerprint density at radius 1 is 1.11 bits per heavy atom. The fourth-order valence-electron chi connectivity index (χ4n) is 1.52. The second-order valence-electron chi connectivity index (χ2n) is 8.72. The summed E-state index contributed by atoms with van der Waals surface area (Å²) in [7, 11) is 1.26. The number of methoxy groups -OCH3 is 1. The van der Waals surface area contributed by atoms with Crippen LogP contribution in [0.2, 0.25) is 0 Å². The van der Waals surface area contributed by atoms with Crippen LogP contribution in [0.3, 0.4) is 0 Å². The van der Waals surface area contributed by atoms with Gasteiger partial charge in [-0.1, -0.05) is 50.5 Å². The third kappa shape index (κ3) is 19.0. The van der Waals surface area contributed by atoms with Crippen LogP contribution in [0.4, 0.5) is 10.5 Å². The molecule has 196 valence electrons. The van der Waals surface area contributed by atoms with Crippen molar-refractivity contribution in [3.8, 4) is 23.7 Å². The van der Waals surface area contributed by atoms with Gasteiger partial charge in [-0.05, 0) is 68.4 Å². The molecule has 0 aliphatic heterocycles. The number of amides is 1. The molecule has 1 rings (SSSR count). The Kier molecular flexibility index (Phi) is 19.2. The van der Waals surface area contributed by atoms with Gasteiger partial charge in [0.25, 0.3) is 0 Å². The predicted molar refractivity (Wildman–Crippen MR) is 150 cm³/mol. The first-order chi connectivity index (χ1) is 16.0. The van der Waals surface area contributed by atoms with E-state index in [1.165, 1.54) is 7.11 Å². The number of ether oxygens (including phenoxy) is 2. The second-order valence-corrected chi connectivity index (χ2v) is 9.77. The number of hydrogen-bond donors (Lipinski definition) is 1. The van der Waals surface area contributed by atoms with Crippen molar-refractivity contribution in [2.45, 2.75) is 81.8 Å². The van der Waals surface area contributed by atoms with E-state index in [4.69, 9.17) is 15.3 Å². The summed E-state index contributed by atoms with van der Waals surface area (Å²) in [5, 5.41) is 0.802. The molecule has 7 heteroatoms. The summed E-state index contributed by atoms with van der Waals surface area (Å²) in [6.07, 6.45) is 0.959. The number of esters is 1. The lowest BCUT2D eigenvalue weighted by Gasteiger charge is -2.24. The third-order valence-corrected chi connectivity index (χ3v) is 4.11. The van der Waals surface area contributed by atoms with Crippen molar-refractivity contribution in [1.82, 2.24) is 0 Å². The highest BCUT2D eigenvalue weighted by Gasteiger charge is 2.27. The summed E-state index contributed by atoms with van der Waals surface area (Å²) in [4.78, 5) is 24.9. The van der Waals surface area contributed by atoms with Gasteiger partial charge in [-0.2, -0.15) is 0 Å². The topological polar surface area (TPSA) is 81.9 Å². The van der Waals surface area contributed by atoms with Crippen molar-refractivity contribution in [2.24, 2.45) is 11.3 Å². The zero-order valence-corrected chi connectivity index (χ0v) is 24.5.